The third kappa shape index (κ3) is 7.46. The molecule has 0 fully saturated rings. The van der Waals surface area contributed by atoms with Gasteiger partial charge in [0.1, 0.15) is 0 Å². The number of para-hydroxylation sites is 2. The molecule has 0 radical (unpaired) electrons. The average Bonchev–Trinajstić information content (AvgIpc) is 3.13. The van der Waals surface area contributed by atoms with Gasteiger partial charge in [-0.2, -0.15) is 0 Å². The van der Waals surface area contributed by atoms with Gasteiger partial charge in [-0.3, -0.25) is 9.59 Å². The summed E-state index contributed by atoms with van der Waals surface area (Å²) in [4.78, 5) is 44.9. The molecule has 0 saturated heterocycles. The van der Waals surface area contributed by atoms with Crippen molar-refractivity contribution in [2.75, 3.05) is 26.1 Å². The number of carbonyl (C=O) groups excluding carboxylic acids is 3. The molecule has 6 rings (SSSR count). The van der Waals surface area contributed by atoms with E-state index in [1.165, 1.54) is 0 Å². The van der Waals surface area contributed by atoms with E-state index < -0.39 is 18.5 Å². The lowest BCUT2D eigenvalue weighted by Crippen LogP contribution is -2.26. The smallest absolute Gasteiger partial charge is 0.339 e. The van der Waals surface area contributed by atoms with E-state index >= 15 is 0 Å². The number of nitrogens with one attached hydrogen (secondary N) is 2. The lowest BCUT2D eigenvalue weighted by Gasteiger charge is -2.22. The summed E-state index contributed by atoms with van der Waals surface area (Å²) in [7, 11) is 3.19. The highest BCUT2D eigenvalue weighted by atomic mass is 16.5. The van der Waals surface area contributed by atoms with E-state index in [1.54, 1.807) is 38.5 Å². The second kappa shape index (κ2) is 14.9. The van der Waals surface area contributed by atoms with E-state index in [9.17, 15) is 14.4 Å². The SMILES string of the molecule is COc1ccc(C=C2CCCc3c2nc2ccccc2c3C(=O)OCC(=O)Nc2ccccc2C(=O)NCc2ccc(C)cc2)cc1OC. The van der Waals surface area contributed by atoms with Crippen LogP contribution in [0.3, 0.4) is 0 Å². The maximum atomic E-state index is 13.8. The van der Waals surface area contributed by atoms with Crippen LogP contribution in [-0.2, 0) is 22.5 Å². The van der Waals surface area contributed by atoms with Crippen molar-refractivity contribution in [1.82, 2.24) is 10.3 Å². The first-order chi connectivity index (χ1) is 23.8. The van der Waals surface area contributed by atoms with E-state index in [1.807, 2.05) is 73.7 Å². The molecule has 0 bridgehead atoms. The van der Waals surface area contributed by atoms with Gasteiger partial charge in [0.05, 0.1) is 42.2 Å². The number of allylic oxidation sites excluding steroid dienone is 1. The number of hydrogen-bond acceptors (Lipinski definition) is 7. The van der Waals surface area contributed by atoms with Crippen molar-refractivity contribution >= 4 is 46.0 Å². The fraction of sp³-hybridized carbons (Fsp3) is 0.200. The fourth-order valence-electron chi connectivity index (χ4n) is 6.02. The van der Waals surface area contributed by atoms with Crippen LogP contribution in [0.25, 0.3) is 22.6 Å². The molecule has 9 nitrogen and oxygen atoms in total. The summed E-state index contributed by atoms with van der Waals surface area (Å²) in [6.07, 6.45) is 4.29. The summed E-state index contributed by atoms with van der Waals surface area (Å²) >= 11 is 0. The van der Waals surface area contributed by atoms with Crippen LogP contribution in [0.15, 0.2) is 91.0 Å². The Hall–Kier alpha value is -5.96. The van der Waals surface area contributed by atoms with Crippen molar-refractivity contribution in [2.24, 2.45) is 0 Å². The monoisotopic (exact) mass is 655 g/mol. The zero-order chi connectivity index (χ0) is 34.3. The molecule has 9 heteroatoms. The Bertz CT molecular complexity index is 2070. The van der Waals surface area contributed by atoms with E-state index in [2.05, 4.69) is 16.7 Å². The molecule has 2 N–H and O–H groups in total. The predicted octanol–water partition coefficient (Wildman–Crippen LogP) is 7.16. The number of carbonyl (C=O) groups is 3. The highest BCUT2D eigenvalue weighted by Gasteiger charge is 2.27. The van der Waals surface area contributed by atoms with E-state index in [-0.39, 0.29) is 5.91 Å². The summed E-state index contributed by atoms with van der Waals surface area (Å²) < 4.78 is 16.5. The first kappa shape index (κ1) is 33.0. The zero-order valence-corrected chi connectivity index (χ0v) is 27.7. The van der Waals surface area contributed by atoms with E-state index in [0.717, 1.165) is 46.4 Å². The molecule has 2 amide bonds. The molecular weight excluding hydrogens is 618 g/mol. The molecule has 1 aromatic heterocycles. The first-order valence-corrected chi connectivity index (χ1v) is 16.1. The number of hydrogen-bond donors (Lipinski definition) is 2. The standard InChI is InChI=1S/C40H37N3O6/c1-25-15-17-26(18-16-25)23-41-39(45)30-11-5-7-14-33(30)42-36(44)24-49-40(46)37-29-10-4-6-13-32(29)43-38-28(9-8-12-31(37)38)21-27-19-20-34(47-2)35(22-27)48-3/h4-7,10-11,13-22H,8-9,12,23-24H2,1-3H3,(H,41,45)(H,42,44). The van der Waals surface area contributed by atoms with Crippen LogP contribution in [0.4, 0.5) is 5.69 Å². The van der Waals surface area contributed by atoms with Gasteiger partial charge in [0, 0.05) is 11.9 Å². The van der Waals surface area contributed by atoms with Crippen LogP contribution in [0, 0.1) is 6.92 Å². The minimum absolute atomic E-state index is 0.303. The number of fused-ring (bicyclic) bond motifs is 2. The lowest BCUT2D eigenvalue weighted by atomic mass is 9.86. The number of methoxy groups -OCH3 is 2. The second-order valence-corrected chi connectivity index (χ2v) is 11.8. The van der Waals surface area contributed by atoms with Gasteiger partial charge in [0.15, 0.2) is 18.1 Å². The van der Waals surface area contributed by atoms with Crippen molar-refractivity contribution in [2.45, 2.75) is 32.7 Å². The lowest BCUT2D eigenvalue weighted by molar-refractivity contribution is -0.119. The summed E-state index contributed by atoms with van der Waals surface area (Å²) in [5, 5.41) is 6.30. The van der Waals surface area contributed by atoms with Gasteiger partial charge < -0.3 is 24.8 Å². The minimum Gasteiger partial charge on any atom is -0.493 e. The number of nitrogens with zero attached hydrogens (tertiary/aromatic N) is 1. The summed E-state index contributed by atoms with van der Waals surface area (Å²) in [5.74, 6) is -0.251. The van der Waals surface area contributed by atoms with Gasteiger partial charge >= 0.3 is 5.97 Å². The maximum Gasteiger partial charge on any atom is 0.339 e. The number of esters is 1. The quantitative estimate of drug-likeness (QED) is 0.153. The summed E-state index contributed by atoms with van der Waals surface area (Å²) in [6, 6.07) is 27.7. The van der Waals surface area contributed by atoms with Gasteiger partial charge in [0.2, 0.25) is 0 Å². The van der Waals surface area contributed by atoms with Crippen LogP contribution in [-0.4, -0.2) is 43.6 Å². The van der Waals surface area contributed by atoms with Crippen molar-refractivity contribution < 1.29 is 28.6 Å². The average molecular weight is 656 g/mol. The molecule has 0 spiro atoms. The zero-order valence-electron chi connectivity index (χ0n) is 27.7. The molecule has 5 aromatic rings. The third-order valence-corrected chi connectivity index (χ3v) is 8.48. The summed E-state index contributed by atoms with van der Waals surface area (Å²) in [5.41, 5.74) is 7.21. The van der Waals surface area contributed by atoms with Crippen molar-refractivity contribution in [3.8, 4) is 11.5 Å². The Morgan fingerprint density at radius 2 is 1.61 bits per heavy atom. The molecule has 0 atom stereocenters. The number of anilines is 1. The molecule has 1 aliphatic carbocycles. The highest BCUT2D eigenvalue weighted by molar-refractivity contribution is 6.08. The molecule has 1 aliphatic rings. The Balaban J connectivity index is 1.20. The van der Waals surface area contributed by atoms with E-state index in [0.29, 0.717) is 52.2 Å². The molecule has 248 valence electrons. The van der Waals surface area contributed by atoms with Crippen molar-refractivity contribution in [3.05, 3.63) is 130 Å². The maximum absolute atomic E-state index is 13.8. The van der Waals surface area contributed by atoms with Gasteiger partial charge in [-0.1, -0.05) is 66.2 Å². The van der Waals surface area contributed by atoms with Crippen molar-refractivity contribution in [1.29, 1.82) is 0 Å². The second-order valence-electron chi connectivity index (χ2n) is 11.8. The number of pyridine rings is 1. The highest BCUT2D eigenvalue weighted by Crippen LogP contribution is 2.37. The number of rotatable bonds is 10. The Morgan fingerprint density at radius 3 is 2.41 bits per heavy atom. The normalized spacial score (nSPS) is 13.0. The number of aromatic nitrogens is 1. The fourth-order valence-corrected chi connectivity index (χ4v) is 6.02. The predicted molar refractivity (Wildman–Crippen MR) is 190 cm³/mol. The molecule has 1 heterocycles. The molecule has 0 unspecified atom stereocenters. The molecule has 0 aliphatic heterocycles. The van der Waals surface area contributed by atoms with Gasteiger partial charge in [-0.15, -0.1) is 0 Å². The molecular formula is C40H37N3O6. The topological polar surface area (TPSA) is 116 Å². The Morgan fingerprint density at radius 1 is 0.857 bits per heavy atom. The van der Waals surface area contributed by atoms with Gasteiger partial charge in [-0.25, -0.2) is 9.78 Å². The Labute approximate surface area is 284 Å². The summed E-state index contributed by atoms with van der Waals surface area (Å²) in [6.45, 7) is 1.81. The van der Waals surface area contributed by atoms with Crippen LogP contribution >= 0.6 is 0 Å². The van der Waals surface area contributed by atoms with Crippen LogP contribution in [0.1, 0.15) is 61.5 Å². The molecule has 0 saturated carbocycles. The third-order valence-electron chi connectivity index (χ3n) is 8.48. The van der Waals surface area contributed by atoms with Crippen LogP contribution in [0.2, 0.25) is 0 Å². The van der Waals surface area contributed by atoms with Gasteiger partial charge in [0.25, 0.3) is 11.8 Å². The van der Waals surface area contributed by atoms with Crippen LogP contribution in [0.5, 0.6) is 11.5 Å². The van der Waals surface area contributed by atoms with Crippen LogP contribution < -0.4 is 20.1 Å². The number of benzene rings is 4. The number of aryl methyl sites for hydroxylation is 1. The minimum atomic E-state index is -0.610. The number of amides is 2. The first-order valence-electron chi connectivity index (χ1n) is 16.1. The van der Waals surface area contributed by atoms with E-state index in [4.69, 9.17) is 19.2 Å². The number of ether oxygens (including phenoxy) is 3. The largest absolute Gasteiger partial charge is 0.493 e. The van der Waals surface area contributed by atoms with Crippen molar-refractivity contribution in [3.63, 3.8) is 0 Å². The molecule has 49 heavy (non-hydrogen) atoms. The molecule has 4 aromatic carbocycles. The Kier molecular flexibility index (Phi) is 9.99. The van der Waals surface area contributed by atoms with Gasteiger partial charge in [-0.05, 0) is 84.9 Å².